The molecule has 130 valence electrons. The molecule has 3 rings (SSSR count). The highest BCUT2D eigenvalue weighted by Crippen LogP contribution is 2.49. The van der Waals surface area contributed by atoms with Crippen LogP contribution in [0.5, 0.6) is 0 Å². The van der Waals surface area contributed by atoms with Gasteiger partial charge >= 0.3 is 5.97 Å². The van der Waals surface area contributed by atoms with Gasteiger partial charge in [0.1, 0.15) is 0 Å². The van der Waals surface area contributed by atoms with E-state index < -0.39 is 0 Å². The summed E-state index contributed by atoms with van der Waals surface area (Å²) in [5.74, 6) is 1.25. The molecule has 1 heterocycles. The molecule has 3 atom stereocenters. The highest BCUT2D eigenvalue weighted by Gasteiger charge is 2.40. The number of nitrogens with one attached hydrogen (secondary N) is 1. The van der Waals surface area contributed by atoms with Crippen molar-refractivity contribution >= 4 is 17.5 Å². The van der Waals surface area contributed by atoms with Gasteiger partial charge in [-0.3, -0.25) is 14.4 Å². The summed E-state index contributed by atoms with van der Waals surface area (Å²) in [7, 11) is 0. The number of carbonyl (C=O) groups is 3. The van der Waals surface area contributed by atoms with Gasteiger partial charge in [-0.2, -0.15) is 0 Å². The van der Waals surface area contributed by atoms with Crippen molar-refractivity contribution in [2.45, 2.75) is 52.9 Å². The fourth-order valence-electron chi connectivity index (χ4n) is 4.67. The highest BCUT2D eigenvalue weighted by atomic mass is 16.5. The second-order valence-electron chi connectivity index (χ2n) is 7.40. The standard InChI is InChI=1S/C19H25NO4/c1-10-18(12(3)21)11(2)20-19(10)16(22)9-24-17(23)8-15-7-13-4-5-14(15)6-13/h13-15,20H,4-9H2,1-3H3/t13-,14+,15-/m0/s1. The fourth-order valence-corrected chi connectivity index (χ4v) is 4.67. The van der Waals surface area contributed by atoms with Crippen LogP contribution in [-0.2, 0) is 9.53 Å². The summed E-state index contributed by atoms with van der Waals surface area (Å²) in [5, 5.41) is 0. The third kappa shape index (κ3) is 3.17. The topological polar surface area (TPSA) is 76.2 Å². The van der Waals surface area contributed by atoms with Gasteiger partial charge in [-0.05, 0) is 63.4 Å². The van der Waals surface area contributed by atoms with Crippen LogP contribution in [0.2, 0.25) is 0 Å². The van der Waals surface area contributed by atoms with Gasteiger partial charge in [0.15, 0.2) is 12.4 Å². The minimum absolute atomic E-state index is 0.0754. The van der Waals surface area contributed by atoms with Gasteiger partial charge in [0.25, 0.3) is 0 Å². The second-order valence-corrected chi connectivity index (χ2v) is 7.40. The molecule has 0 radical (unpaired) electrons. The van der Waals surface area contributed by atoms with Crippen molar-refractivity contribution in [1.82, 2.24) is 4.98 Å². The number of H-pyrrole nitrogens is 1. The van der Waals surface area contributed by atoms with E-state index in [4.69, 9.17) is 4.74 Å². The molecule has 2 saturated carbocycles. The summed E-state index contributed by atoms with van der Waals surface area (Å²) in [6.07, 6.45) is 5.35. The number of esters is 1. The Hall–Kier alpha value is -1.91. The van der Waals surface area contributed by atoms with Crippen molar-refractivity contribution in [2.75, 3.05) is 6.61 Å². The van der Waals surface area contributed by atoms with Crippen LogP contribution in [0.3, 0.4) is 0 Å². The first kappa shape index (κ1) is 16.9. The van der Waals surface area contributed by atoms with E-state index in [-0.39, 0.29) is 24.1 Å². The Labute approximate surface area is 142 Å². The maximum absolute atomic E-state index is 12.3. The number of hydrogen-bond donors (Lipinski definition) is 1. The average Bonchev–Trinajstić information content (AvgIpc) is 3.19. The summed E-state index contributed by atoms with van der Waals surface area (Å²) in [6.45, 7) is 4.72. The number of fused-ring (bicyclic) bond motifs is 2. The first-order valence-electron chi connectivity index (χ1n) is 8.75. The second kappa shape index (κ2) is 6.54. The zero-order chi connectivity index (χ0) is 17.4. The molecule has 2 fully saturated rings. The monoisotopic (exact) mass is 331 g/mol. The van der Waals surface area contributed by atoms with Crippen LogP contribution in [0.15, 0.2) is 0 Å². The van der Waals surface area contributed by atoms with E-state index in [1.54, 1.807) is 13.8 Å². The summed E-state index contributed by atoms with van der Waals surface area (Å²) in [6, 6.07) is 0. The fraction of sp³-hybridized carbons (Fsp3) is 0.632. The Morgan fingerprint density at radius 1 is 1.17 bits per heavy atom. The number of aryl methyl sites for hydroxylation is 1. The lowest BCUT2D eigenvalue weighted by molar-refractivity contribution is -0.144. The zero-order valence-electron chi connectivity index (χ0n) is 14.6. The molecule has 2 aliphatic rings. The van der Waals surface area contributed by atoms with Crippen LogP contribution < -0.4 is 0 Å². The zero-order valence-corrected chi connectivity index (χ0v) is 14.6. The number of aromatic amines is 1. The van der Waals surface area contributed by atoms with Gasteiger partial charge in [-0.15, -0.1) is 0 Å². The van der Waals surface area contributed by atoms with E-state index in [2.05, 4.69) is 4.98 Å². The third-order valence-electron chi connectivity index (χ3n) is 5.75. The minimum Gasteiger partial charge on any atom is -0.457 e. The predicted octanol–water partition coefficient (Wildman–Crippen LogP) is 3.39. The molecule has 0 spiro atoms. The Kier molecular flexibility index (Phi) is 4.61. The van der Waals surface area contributed by atoms with Crippen molar-refractivity contribution in [3.63, 3.8) is 0 Å². The minimum atomic E-state index is -0.288. The molecular formula is C19H25NO4. The van der Waals surface area contributed by atoms with E-state index in [1.807, 2.05) is 0 Å². The predicted molar refractivity (Wildman–Crippen MR) is 89.1 cm³/mol. The Bertz CT molecular complexity index is 688. The van der Waals surface area contributed by atoms with E-state index in [0.29, 0.717) is 40.8 Å². The van der Waals surface area contributed by atoms with Gasteiger partial charge in [0.2, 0.25) is 5.78 Å². The third-order valence-corrected chi connectivity index (χ3v) is 5.75. The number of Topliss-reactive ketones (excluding diaryl/α,β-unsaturated/α-hetero) is 2. The van der Waals surface area contributed by atoms with Crippen LogP contribution in [0.4, 0.5) is 0 Å². The molecule has 2 aliphatic carbocycles. The number of rotatable bonds is 6. The first-order valence-corrected chi connectivity index (χ1v) is 8.75. The molecule has 2 bridgehead atoms. The first-order chi connectivity index (χ1) is 11.4. The number of ketones is 2. The molecule has 1 aromatic heterocycles. The van der Waals surface area contributed by atoms with E-state index in [0.717, 1.165) is 12.3 Å². The lowest BCUT2D eigenvalue weighted by Crippen LogP contribution is -2.20. The summed E-state index contributed by atoms with van der Waals surface area (Å²) < 4.78 is 5.20. The molecule has 1 aromatic rings. The van der Waals surface area contributed by atoms with Gasteiger partial charge in [-0.25, -0.2) is 0 Å². The Morgan fingerprint density at radius 2 is 1.92 bits per heavy atom. The number of carbonyl (C=O) groups excluding carboxylic acids is 3. The Morgan fingerprint density at radius 3 is 2.46 bits per heavy atom. The molecule has 24 heavy (non-hydrogen) atoms. The smallest absolute Gasteiger partial charge is 0.306 e. The molecule has 0 aliphatic heterocycles. The van der Waals surface area contributed by atoms with Crippen molar-refractivity contribution in [3.05, 3.63) is 22.5 Å². The molecular weight excluding hydrogens is 306 g/mol. The molecule has 1 N–H and O–H groups in total. The highest BCUT2D eigenvalue weighted by molar-refractivity contribution is 6.04. The van der Waals surface area contributed by atoms with Crippen molar-refractivity contribution in [3.8, 4) is 0 Å². The van der Waals surface area contributed by atoms with Gasteiger partial charge in [0.05, 0.1) is 5.69 Å². The summed E-state index contributed by atoms with van der Waals surface area (Å²) >= 11 is 0. The SMILES string of the molecule is CC(=O)c1c(C)[nH]c(C(=O)COC(=O)C[C@@H]2C[C@H]3CC[C@@H]2C3)c1C. The maximum atomic E-state index is 12.3. The molecule has 5 heteroatoms. The van der Waals surface area contributed by atoms with Gasteiger partial charge < -0.3 is 9.72 Å². The van der Waals surface area contributed by atoms with Crippen molar-refractivity contribution in [1.29, 1.82) is 0 Å². The largest absolute Gasteiger partial charge is 0.457 e. The van der Waals surface area contributed by atoms with E-state index in [1.165, 1.54) is 26.2 Å². The van der Waals surface area contributed by atoms with E-state index in [9.17, 15) is 14.4 Å². The molecule has 0 amide bonds. The van der Waals surface area contributed by atoms with Crippen LogP contribution in [-0.4, -0.2) is 29.1 Å². The normalized spacial score (nSPS) is 25.0. The van der Waals surface area contributed by atoms with Gasteiger partial charge in [0, 0.05) is 17.7 Å². The van der Waals surface area contributed by atoms with Crippen molar-refractivity contribution < 1.29 is 19.1 Å². The summed E-state index contributed by atoms with van der Waals surface area (Å²) in [5.41, 5.74) is 2.22. The van der Waals surface area contributed by atoms with Crippen LogP contribution >= 0.6 is 0 Å². The van der Waals surface area contributed by atoms with E-state index >= 15 is 0 Å². The maximum Gasteiger partial charge on any atom is 0.306 e. The Balaban J connectivity index is 1.55. The number of aromatic nitrogens is 1. The van der Waals surface area contributed by atoms with Crippen LogP contribution in [0.25, 0.3) is 0 Å². The number of ether oxygens (including phenoxy) is 1. The molecule has 0 unspecified atom stereocenters. The van der Waals surface area contributed by atoms with Gasteiger partial charge in [-0.1, -0.05) is 6.42 Å². The van der Waals surface area contributed by atoms with Crippen LogP contribution in [0, 0.1) is 31.6 Å². The lowest BCUT2D eigenvalue weighted by Gasteiger charge is -2.20. The average molecular weight is 331 g/mol. The lowest BCUT2D eigenvalue weighted by atomic mass is 9.86. The number of hydrogen-bond acceptors (Lipinski definition) is 4. The summed E-state index contributed by atoms with van der Waals surface area (Å²) in [4.78, 5) is 38.9. The van der Waals surface area contributed by atoms with Crippen molar-refractivity contribution in [2.24, 2.45) is 17.8 Å². The quantitative estimate of drug-likeness (QED) is 0.640. The van der Waals surface area contributed by atoms with Crippen LogP contribution in [0.1, 0.15) is 71.1 Å². The molecule has 0 aromatic carbocycles. The molecule has 5 nitrogen and oxygen atoms in total. The molecule has 0 saturated heterocycles.